The summed E-state index contributed by atoms with van der Waals surface area (Å²) in [5.41, 5.74) is 0. The quantitative estimate of drug-likeness (QED) is 0.574. The van der Waals surface area contributed by atoms with Crippen LogP contribution < -0.4 is 0 Å². The highest BCUT2D eigenvalue weighted by Crippen LogP contribution is 2.32. The third-order valence-corrected chi connectivity index (χ3v) is 5.30. The van der Waals surface area contributed by atoms with Gasteiger partial charge in [-0.05, 0) is 47.2 Å². The first-order valence-corrected chi connectivity index (χ1v) is 7.85. The molecule has 0 radical (unpaired) electrons. The molecule has 3 aromatic rings. The van der Waals surface area contributed by atoms with Gasteiger partial charge in [0.2, 0.25) is 0 Å². The maximum Gasteiger partial charge on any atom is 0.0448 e. The zero-order valence-corrected chi connectivity index (χ0v) is 11.4. The fourth-order valence-corrected chi connectivity index (χ4v) is 3.91. The van der Waals surface area contributed by atoms with Crippen molar-refractivity contribution < 1.29 is 0 Å². The third kappa shape index (κ3) is 2.57. The zero-order valence-electron chi connectivity index (χ0n) is 9.00. The smallest absolute Gasteiger partial charge is 0.0448 e. The molecule has 0 unspecified atom stereocenters. The van der Waals surface area contributed by atoms with Crippen LogP contribution in [0.5, 0.6) is 0 Å². The molecule has 0 saturated heterocycles. The van der Waals surface area contributed by atoms with Crippen molar-refractivity contribution in [2.75, 3.05) is 0 Å². The van der Waals surface area contributed by atoms with Crippen LogP contribution in [-0.2, 0) is 0 Å². The lowest BCUT2D eigenvalue weighted by Crippen LogP contribution is -1.57. The first kappa shape index (κ1) is 11.0. The second kappa shape index (κ2) is 5.00. The molecule has 84 valence electrons. The lowest BCUT2D eigenvalue weighted by molar-refractivity contribution is 1.91. The van der Waals surface area contributed by atoms with Crippen LogP contribution in [-0.4, -0.2) is 0 Å². The summed E-state index contributed by atoms with van der Waals surface area (Å²) in [7, 11) is 0. The normalized spacial score (nSPS) is 11.3. The number of hydrogen-bond donors (Lipinski definition) is 0. The van der Waals surface area contributed by atoms with E-state index in [0.717, 1.165) is 0 Å². The van der Waals surface area contributed by atoms with Crippen LogP contribution in [0.15, 0.2) is 47.2 Å². The van der Waals surface area contributed by atoms with Gasteiger partial charge in [0.1, 0.15) is 0 Å². The standard InChI is InChI=1S/C14H10S3/c1-3-11(15-9-1)5-6-12-7-8-14(17-12)13-4-2-10-16-13/h1-10H/b6-5+. The van der Waals surface area contributed by atoms with Crippen molar-refractivity contribution in [3.63, 3.8) is 0 Å². The topological polar surface area (TPSA) is 0 Å². The summed E-state index contributed by atoms with van der Waals surface area (Å²) in [5.74, 6) is 0. The van der Waals surface area contributed by atoms with Crippen molar-refractivity contribution in [3.8, 4) is 9.75 Å². The predicted octanol–water partition coefficient (Wildman–Crippen LogP) is 5.71. The monoisotopic (exact) mass is 274 g/mol. The molecule has 0 aromatic carbocycles. The molecule has 3 rings (SSSR count). The summed E-state index contributed by atoms with van der Waals surface area (Å²) >= 11 is 5.40. The zero-order chi connectivity index (χ0) is 11.5. The van der Waals surface area contributed by atoms with Gasteiger partial charge in [0.25, 0.3) is 0 Å². The molecule has 3 heterocycles. The number of hydrogen-bond acceptors (Lipinski definition) is 3. The van der Waals surface area contributed by atoms with Crippen molar-refractivity contribution >= 4 is 46.2 Å². The SMILES string of the molecule is C(=C\c1ccc(-c2cccs2)s1)/c1cccs1. The molecule has 0 saturated carbocycles. The van der Waals surface area contributed by atoms with E-state index in [1.165, 1.54) is 19.5 Å². The van der Waals surface area contributed by atoms with Gasteiger partial charge in [0, 0.05) is 19.5 Å². The Morgan fingerprint density at radius 1 is 0.706 bits per heavy atom. The Morgan fingerprint density at radius 2 is 1.53 bits per heavy atom. The fraction of sp³-hybridized carbons (Fsp3) is 0. The van der Waals surface area contributed by atoms with Gasteiger partial charge in [-0.25, -0.2) is 0 Å². The summed E-state index contributed by atoms with van der Waals surface area (Å²) in [6.07, 6.45) is 4.36. The van der Waals surface area contributed by atoms with E-state index in [1.807, 2.05) is 11.3 Å². The lowest BCUT2D eigenvalue weighted by atomic mass is 10.3. The van der Waals surface area contributed by atoms with Crippen molar-refractivity contribution in [3.05, 3.63) is 56.9 Å². The summed E-state index contributed by atoms with van der Waals surface area (Å²) in [6, 6.07) is 12.9. The van der Waals surface area contributed by atoms with Gasteiger partial charge in [-0.3, -0.25) is 0 Å². The Morgan fingerprint density at radius 3 is 2.29 bits per heavy atom. The molecular weight excluding hydrogens is 264 g/mol. The van der Waals surface area contributed by atoms with Gasteiger partial charge in [-0.1, -0.05) is 12.1 Å². The minimum absolute atomic E-state index is 1.30. The van der Waals surface area contributed by atoms with Crippen LogP contribution in [0.2, 0.25) is 0 Å². The number of rotatable bonds is 3. The van der Waals surface area contributed by atoms with E-state index in [-0.39, 0.29) is 0 Å². The van der Waals surface area contributed by atoms with Crippen molar-refractivity contribution in [2.45, 2.75) is 0 Å². The van der Waals surface area contributed by atoms with Gasteiger partial charge < -0.3 is 0 Å². The summed E-state index contributed by atoms with van der Waals surface area (Å²) in [4.78, 5) is 5.31. The predicted molar refractivity (Wildman–Crippen MR) is 80.9 cm³/mol. The first-order chi connectivity index (χ1) is 8.42. The third-order valence-electron chi connectivity index (χ3n) is 2.35. The summed E-state index contributed by atoms with van der Waals surface area (Å²) in [6.45, 7) is 0. The Labute approximate surface area is 113 Å². The minimum atomic E-state index is 1.30. The van der Waals surface area contributed by atoms with Gasteiger partial charge in [0.05, 0.1) is 0 Å². The molecule has 0 spiro atoms. The Hall–Kier alpha value is -1.16. The minimum Gasteiger partial charge on any atom is -0.144 e. The average molecular weight is 274 g/mol. The molecule has 0 atom stereocenters. The van der Waals surface area contributed by atoms with Gasteiger partial charge in [-0.2, -0.15) is 0 Å². The fourth-order valence-electron chi connectivity index (χ4n) is 1.54. The van der Waals surface area contributed by atoms with Crippen LogP contribution in [0.4, 0.5) is 0 Å². The molecular formula is C14H10S3. The van der Waals surface area contributed by atoms with Crippen LogP contribution in [0.1, 0.15) is 9.75 Å². The molecule has 0 nitrogen and oxygen atoms in total. The molecule has 17 heavy (non-hydrogen) atoms. The molecule has 0 N–H and O–H groups in total. The van der Waals surface area contributed by atoms with E-state index in [0.29, 0.717) is 0 Å². The van der Waals surface area contributed by atoms with E-state index in [9.17, 15) is 0 Å². The maximum absolute atomic E-state index is 2.20. The Bertz CT molecular complexity index is 598. The molecule has 0 aliphatic rings. The van der Waals surface area contributed by atoms with Gasteiger partial charge in [0.15, 0.2) is 0 Å². The highest BCUT2D eigenvalue weighted by Gasteiger charge is 2.01. The maximum atomic E-state index is 2.20. The van der Waals surface area contributed by atoms with Crippen molar-refractivity contribution in [2.24, 2.45) is 0 Å². The molecule has 3 heteroatoms. The summed E-state index contributed by atoms with van der Waals surface area (Å²) in [5, 5.41) is 4.22. The second-order valence-electron chi connectivity index (χ2n) is 3.53. The largest absolute Gasteiger partial charge is 0.144 e. The first-order valence-electron chi connectivity index (χ1n) is 5.27. The number of thiophene rings is 3. The van der Waals surface area contributed by atoms with Crippen LogP contribution >= 0.6 is 34.0 Å². The van der Waals surface area contributed by atoms with Gasteiger partial charge >= 0.3 is 0 Å². The van der Waals surface area contributed by atoms with Crippen LogP contribution in [0, 0.1) is 0 Å². The summed E-state index contributed by atoms with van der Waals surface area (Å²) < 4.78 is 0. The molecule has 0 amide bonds. The van der Waals surface area contributed by atoms with Crippen LogP contribution in [0.25, 0.3) is 21.9 Å². The van der Waals surface area contributed by atoms with Crippen molar-refractivity contribution in [1.29, 1.82) is 0 Å². The highest BCUT2D eigenvalue weighted by atomic mass is 32.1. The average Bonchev–Trinajstić information content (AvgIpc) is 3.09. The van der Waals surface area contributed by atoms with Crippen molar-refractivity contribution in [1.82, 2.24) is 0 Å². The Kier molecular flexibility index (Phi) is 3.22. The van der Waals surface area contributed by atoms with Crippen LogP contribution in [0.3, 0.4) is 0 Å². The van der Waals surface area contributed by atoms with E-state index in [4.69, 9.17) is 0 Å². The van der Waals surface area contributed by atoms with E-state index in [1.54, 1.807) is 22.7 Å². The molecule has 3 aromatic heterocycles. The second-order valence-corrected chi connectivity index (χ2v) is 6.57. The molecule has 0 aliphatic heterocycles. The van der Waals surface area contributed by atoms with E-state index < -0.39 is 0 Å². The molecule has 0 aliphatic carbocycles. The van der Waals surface area contributed by atoms with Gasteiger partial charge in [-0.15, -0.1) is 34.0 Å². The lowest BCUT2D eigenvalue weighted by Gasteiger charge is -1.87. The highest BCUT2D eigenvalue weighted by molar-refractivity contribution is 7.21. The van der Waals surface area contributed by atoms with E-state index in [2.05, 4.69) is 59.3 Å². The van der Waals surface area contributed by atoms with E-state index >= 15 is 0 Å². The molecule has 0 bridgehead atoms. The molecule has 0 fully saturated rings. The Balaban J connectivity index is 1.82.